The van der Waals surface area contributed by atoms with Gasteiger partial charge >= 0.3 is 0 Å². The summed E-state index contributed by atoms with van der Waals surface area (Å²) in [5.41, 5.74) is 8.15. The lowest BCUT2D eigenvalue weighted by Gasteiger charge is -2.24. The Morgan fingerprint density at radius 1 is 0.349 bits per heavy atom. The van der Waals surface area contributed by atoms with E-state index in [0.717, 1.165) is 53.8 Å². The summed E-state index contributed by atoms with van der Waals surface area (Å²) in [6.07, 6.45) is 47.4. The quantitative estimate of drug-likeness (QED) is 0.0358. The summed E-state index contributed by atoms with van der Waals surface area (Å²) in [7, 11) is 0. The molecule has 0 bridgehead atoms. The number of hydrogen-bond acceptors (Lipinski definition) is 6. The first kappa shape index (κ1) is 67.8. The molecule has 2 unspecified atom stereocenters. The van der Waals surface area contributed by atoms with Crippen molar-refractivity contribution < 1.29 is 9.59 Å². The molecule has 2 aromatic carbocycles. The van der Waals surface area contributed by atoms with Gasteiger partial charge in [-0.05, 0) is 110 Å². The number of thiophene rings is 4. The van der Waals surface area contributed by atoms with E-state index in [9.17, 15) is 0 Å². The zero-order valence-corrected chi connectivity index (χ0v) is 57.7. The molecule has 8 rings (SSSR count). The van der Waals surface area contributed by atoms with Gasteiger partial charge in [0.05, 0.1) is 21.7 Å². The Morgan fingerprint density at radius 3 is 1.10 bits per heavy atom. The Labute approximate surface area is 538 Å². The minimum absolute atomic E-state index is 0.0340. The Morgan fingerprint density at radius 2 is 0.698 bits per heavy atom. The second-order valence-electron chi connectivity index (χ2n) is 26.0. The Bertz CT molecular complexity index is 2970. The van der Waals surface area contributed by atoms with Gasteiger partial charge < -0.3 is 9.80 Å². The van der Waals surface area contributed by atoms with Gasteiger partial charge in [-0.1, -0.05) is 282 Å². The molecule has 6 aromatic rings. The number of carbonyl (C=O) groups is 2. The molecule has 2 aliphatic heterocycles. The summed E-state index contributed by atoms with van der Waals surface area (Å²) in [6.45, 7) is 14.5. The van der Waals surface area contributed by atoms with Crippen molar-refractivity contribution in [1.29, 1.82) is 0 Å². The molecule has 0 saturated heterocycles. The Hall–Kier alpha value is -4.08. The monoisotopic (exact) mass is 1230 g/mol. The molecule has 4 aromatic heterocycles. The van der Waals surface area contributed by atoms with Crippen LogP contribution in [0.1, 0.15) is 272 Å². The topological polar surface area (TPSA) is 40.6 Å². The van der Waals surface area contributed by atoms with Crippen LogP contribution >= 0.6 is 45.3 Å². The van der Waals surface area contributed by atoms with E-state index in [-0.39, 0.29) is 11.8 Å². The van der Waals surface area contributed by atoms with Crippen LogP contribution in [-0.4, -0.2) is 34.7 Å². The van der Waals surface area contributed by atoms with E-state index < -0.39 is 0 Å². The van der Waals surface area contributed by atoms with Crippen LogP contribution in [0, 0.1) is 18.8 Å². The highest BCUT2D eigenvalue weighted by Crippen LogP contribution is 2.49. The van der Waals surface area contributed by atoms with Crippen molar-refractivity contribution in [3.05, 3.63) is 134 Å². The summed E-state index contributed by atoms with van der Waals surface area (Å²) in [6, 6.07) is 32.2. The van der Waals surface area contributed by atoms with Crippen molar-refractivity contribution >= 4 is 72.3 Å². The highest BCUT2D eigenvalue weighted by Gasteiger charge is 2.47. The van der Waals surface area contributed by atoms with Crippen LogP contribution in [0.5, 0.6) is 0 Å². The molecule has 2 atom stereocenters. The average molecular weight is 1240 g/mol. The molecule has 0 saturated carbocycles. The van der Waals surface area contributed by atoms with Gasteiger partial charge in [0.25, 0.3) is 11.8 Å². The number of carbonyl (C=O) groups excluding carboxylic acids is 2. The molecule has 0 fully saturated rings. The third-order valence-electron chi connectivity index (χ3n) is 18.9. The van der Waals surface area contributed by atoms with E-state index in [4.69, 9.17) is 0 Å². The minimum Gasteiger partial charge on any atom is -0.311 e. The molecular formula is C78H110N2O2S4. The van der Waals surface area contributed by atoms with E-state index in [1.807, 2.05) is 50.7 Å². The van der Waals surface area contributed by atoms with Crippen molar-refractivity contribution in [1.82, 2.24) is 9.80 Å². The van der Waals surface area contributed by atoms with E-state index >= 15 is 9.59 Å². The van der Waals surface area contributed by atoms with E-state index in [1.54, 1.807) is 11.3 Å². The van der Waals surface area contributed by atoms with Gasteiger partial charge in [0.1, 0.15) is 0 Å². The molecule has 0 N–H and O–H groups in total. The Kier molecular flexibility index (Phi) is 29.3. The molecule has 0 radical (unpaired) electrons. The maximum absolute atomic E-state index is 15.1. The number of unbranched alkanes of at least 4 members (excludes halogenated alkanes) is 24. The number of amides is 2. The van der Waals surface area contributed by atoms with Crippen LogP contribution in [0.4, 0.5) is 0 Å². The maximum Gasteiger partial charge on any atom is 0.261 e. The fourth-order valence-electron chi connectivity index (χ4n) is 13.6. The predicted molar refractivity (Wildman–Crippen MR) is 379 cm³/mol. The average Bonchev–Trinajstić information content (AvgIpc) is 2.02. The van der Waals surface area contributed by atoms with Crippen LogP contribution < -0.4 is 0 Å². The lowest BCUT2D eigenvalue weighted by molar-refractivity contribution is -0.124. The van der Waals surface area contributed by atoms with Gasteiger partial charge in [-0.3, -0.25) is 9.59 Å². The van der Waals surface area contributed by atoms with Crippen LogP contribution in [-0.2, 0) is 35.3 Å². The number of benzene rings is 2. The van der Waals surface area contributed by atoms with E-state index in [0.29, 0.717) is 24.2 Å². The summed E-state index contributed by atoms with van der Waals surface area (Å²) in [4.78, 5) is 41.4. The van der Waals surface area contributed by atoms with Crippen molar-refractivity contribution in [2.75, 3.05) is 13.1 Å². The number of allylic oxidation sites excluding steroid dienone is 1. The summed E-state index contributed by atoms with van der Waals surface area (Å²) in [5.74, 6) is 1.42. The van der Waals surface area contributed by atoms with Crippen LogP contribution in [0.15, 0.2) is 102 Å². The fraction of sp³-hybridized carbons (Fsp3) is 0.590. The van der Waals surface area contributed by atoms with Crippen molar-refractivity contribution in [2.45, 2.75) is 273 Å². The molecular weight excluding hydrogens is 1130 g/mol. The third-order valence-corrected chi connectivity index (χ3v) is 23.7. The van der Waals surface area contributed by atoms with Crippen molar-refractivity contribution in [2.24, 2.45) is 11.8 Å². The molecule has 6 heterocycles. The standard InChI is InChI=1S/C78H110N2O2S4/c1-7-11-15-19-23-25-29-33-37-63(35-31-27-21-17-13-9-3)55-65-44-40-61(41-45-65)51-53-79-60(6)74-75(78(79)82)76(69-50-49-68(84-69)71-58-73-72(86-71)57-70(85-73)67-48-39-59(5)83-67)80(77(74)81)54-52-62-42-46-66(47-43-62)56-64(36-32-28-22-18-14-10-4)38-34-30-26-24-20-16-12-8-2/h39-50,57-58,63-64H,7-38,51-56H2,1-6H3. The maximum atomic E-state index is 15.1. The zero-order valence-electron chi connectivity index (χ0n) is 54.5. The summed E-state index contributed by atoms with van der Waals surface area (Å²) < 4.78 is 2.62. The van der Waals surface area contributed by atoms with Gasteiger partial charge in [0, 0.05) is 52.6 Å². The first-order valence-corrected chi connectivity index (χ1v) is 38.4. The molecule has 0 spiro atoms. The van der Waals surface area contributed by atoms with Gasteiger partial charge in [0.15, 0.2) is 0 Å². The van der Waals surface area contributed by atoms with Crippen LogP contribution in [0.3, 0.4) is 0 Å². The Balaban J connectivity index is 0.943. The summed E-state index contributed by atoms with van der Waals surface area (Å²) >= 11 is 7.29. The molecule has 468 valence electrons. The van der Waals surface area contributed by atoms with Gasteiger partial charge in [-0.2, -0.15) is 0 Å². The highest BCUT2D eigenvalue weighted by molar-refractivity contribution is 7.33. The largest absolute Gasteiger partial charge is 0.311 e. The summed E-state index contributed by atoms with van der Waals surface area (Å²) in [5, 5.41) is 0. The normalized spacial score (nSPS) is 14.3. The number of hydrogen-bond donors (Lipinski definition) is 0. The first-order valence-electron chi connectivity index (χ1n) is 35.1. The van der Waals surface area contributed by atoms with Crippen LogP contribution in [0.2, 0.25) is 0 Å². The number of aryl methyl sites for hydroxylation is 1. The van der Waals surface area contributed by atoms with Gasteiger partial charge in [-0.25, -0.2) is 0 Å². The smallest absolute Gasteiger partial charge is 0.261 e. The number of nitrogens with zero attached hydrogens (tertiary/aromatic N) is 2. The molecule has 0 aliphatic carbocycles. The number of rotatable bonds is 45. The molecule has 4 nitrogen and oxygen atoms in total. The van der Waals surface area contributed by atoms with Crippen molar-refractivity contribution in [3.63, 3.8) is 0 Å². The van der Waals surface area contributed by atoms with Gasteiger partial charge in [0.2, 0.25) is 0 Å². The third kappa shape index (κ3) is 20.5. The van der Waals surface area contributed by atoms with Gasteiger partial charge in [-0.15, -0.1) is 45.3 Å². The van der Waals surface area contributed by atoms with E-state index in [2.05, 4.69) is 120 Å². The second-order valence-corrected chi connectivity index (χ2v) is 30.6. The van der Waals surface area contributed by atoms with Crippen molar-refractivity contribution in [3.8, 4) is 19.5 Å². The highest BCUT2D eigenvalue weighted by atomic mass is 32.1. The lowest BCUT2D eigenvalue weighted by atomic mass is 9.88. The molecule has 8 heteroatoms. The number of fused-ring (bicyclic) bond motifs is 2. The second kappa shape index (κ2) is 37.2. The fourth-order valence-corrected chi connectivity index (χ4v) is 18.1. The van der Waals surface area contributed by atoms with Crippen LogP contribution in [0.25, 0.3) is 34.6 Å². The first-order chi connectivity index (χ1) is 42.2. The zero-order chi connectivity index (χ0) is 60.3. The van der Waals surface area contributed by atoms with E-state index in [1.165, 1.54) is 262 Å². The molecule has 2 amide bonds. The molecule has 2 aliphatic rings. The SMILES string of the molecule is CCCCCCCCCCC(CCCCCCCC)Cc1ccc(CCN2C(=O)C3=C(c4ccc(-c5cc6sc(-c7ccc(C)s7)cc6s5)s4)N(CCc4ccc(CC(CCCCCCCC)CCCCCCCCCC)cc4)C(=O)C3=C2C)cc1. The predicted octanol–water partition coefficient (Wildman–Crippen LogP) is 24.8. The minimum atomic E-state index is -0.0340. The molecule has 86 heavy (non-hydrogen) atoms. The lowest BCUT2D eigenvalue weighted by Crippen LogP contribution is -2.31.